The van der Waals surface area contributed by atoms with Crippen LogP contribution in [0.4, 0.5) is 5.69 Å². The maximum Gasteiger partial charge on any atom is 0.255 e. The number of nitrogens with zero attached hydrogens (tertiary/aromatic N) is 5. The summed E-state index contributed by atoms with van der Waals surface area (Å²) in [6.07, 6.45) is -0.355. The highest BCUT2D eigenvalue weighted by molar-refractivity contribution is 5.90. The molecule has 0 saturated carbocycles. The fourth-order valence-electron chi connectivity index (χ4n) is 4.65. The number of hydrogen-bond donors (Lipinski definition) is 3. The number of piperidine rings is 1. The monoisotopic (exact) mass is 466 g/mol. The number of aliphatic hydroxyl groups is 2. The molecule has 0 radical (unpaired) electrons. The Bertz CT molecular complexity index is 1120. The Balaban J connectivity index is 1.24. The molecule has 1 aromatic heterocycles. The third-order valence-electron chi connectivity index (χ3n) is 6.77. The van der Waals surface area contributed by atoms with Gasteiger partial charge in [-0.25, -0.2) is 0 Å². The second-order valence-electron chi connectivity index (χ2n) is 9.13. The summed E-state index contributed by atoms with van der Waals surface area (Å²) < 4.78 is 1.67. The zero-order chi connectivity index (χ0) is 24.4. The molecule has 34 heavy (non-hydrogen) atoms. The molecule has 1 fully saturated rings. The van der Waals surface area contributed by atoms with E-state index in [0.29, 0.717) is 18.7 Å². The number of aliphatic hydroxyl groups excluding tert-OH is 2. The summed E-state index contributed by atoms with van der Waals surface area (Å²) in [5.74, 6) is -1.23. The first kappa shape index (κ1) is 23.7. The number of fused-ring (bicyclic) bond motifs is 1. The van der Waals surface area contributed by atoms with Gasteiger partial charge in [0.15, 0.2) is 12.2 Å². The van der Waals surface area contributed by atoms with Crippen LogP contribution in [-0.2, 0) is 29.7 Å². The molecule has 1 aromatic carbocycles. The Kier molecular flexibility index (Phi) is 6.86. The lowest BCUT2D eigenvalue weighted by molar-refractivity contribution is -0.153. The molecule has 180 valence electrons. The lowest BCUT2D eigenvalue weighted by Crippen LogP contribution is -2.50. The molecule has 0 bridgehead atoms. The molecule has 2 amide bonds. The number of aromatic nitrogens is 2. The van der Waals surface area contributed by atoms with Gasteiger partial charge in [-0.1, -0.05) is 6.07 Å². The van der Waals surface area contributed by atoms with E-state index >= 15 is 0 Å². The van der Waals surface area contributed by atoms with Crippen LogP contribution in [0.3, 0.4) is 0 Å². The van der Waals surface area contributed by atoms with E-state index in [1.54, 1.807) is 17.9 Å². The molecular weight excluding hydrogens is 436 g/mol. The highest BCUT2D eigenvalue weighted by atomic mass is 16.3. The number of hydrogen-bond acceptors (Lipinski definition) is 7. The van der Waals surface area contributed by atoms with Crippen molar-refractivity contribution in [3.05, 3.63) is 46.8 Å². The number of carbonyl (C=O) groups excluding carboxylic acids is 2. The minimum atomic E-state index is -1.83. The van der Waals surface area contributed by atoms with Crippen molar-refractivity contribution in [2.75, 3.05) is 24.5 Å². The molecule has 0 unspecified atom stereocenters. The van der Waals surface area contributed by atoms with E-state index in [4.69, 9.17) is 0 Å². The van der Waals surface area contributed by atoms with Crippen LogP contribution in [0.5, 0.6) is 0 Å². The van der Waals surface area contributed by atoms with Crippen molar-refractivity contribution in [3.63, 3.8) is 0 Å². The number of benzene rings is 1. The van der Waals surface area contributed by atoms with Crippen LogP contribution >= 0.6 is 0 Å². The van der Waals surface area contributed by atoms with E-state index in [1.165, 1.54) is 4.90 Å². The number of amides is 2. The van der Waals surface area contributed by atoms with Crippen LogP contribution in [0.15, 0.2) is 24.4 Å². The van der Waals surface area contributed by atoms with Crippen molar-refractivity contribution in [1.82, 2.24) is 20.0 Å². The van der Waals surface area contributed by atoms with E-state index < -0.39 is 24.0 Å². The molecule has 10 nitrogen and oxygen atoms in total. The molecule has 2 aromatic rings. The number of aryl methyl sites for hydroxylation is 2. The Morgan fingerprint density at radius 3 is 2.65 bits per heavy atom. The van der Waals surface area contributed by atoms with E-state index in [0.717, 1.165) is 48.4 Å². The minimum Gasteiger partial charge on any atom is -0.380 e. The normalized spacial score (nSPS) is 17.7. The molecule has 10 heteroatoms. The van der Waals surface area contributed by atoms with E-state index in [1.807, 2.05) is 25.1 Å². The first-order valence-electron chi connectivity index (χ1n) is 11.5. The van der Waals surface area contributed by atoms with Crippen molar-refractivity contribution in [1.29, 1.82) is 5.26 Å². The molecule has 3 heterocycles. The van der Waals surface area contributed by atoms with Crippen molar-refractivity contribution in [3.8, 4) is 6.07 Å². The highest BCUT2D eigenvalue weighted by Gasteiger charge is 2.36. The summed E-state index contributed by atoms with van der Waals surface area (Å²) >= 11 is 0. The Morgan fingerprint density at radius 1 is 1.24 bits per heavy atom. The SMILES string of the molecule is Cc1ccc(N2CCC(CNC(=O)[C@H](O)[C@@H](O)C(=O)N3Cc4cnn(C)c4C3)CC2)c(C#N)c1. The molecule has 1 saturated heterocycles. The average molecular weight is 467 g/mol. The fraction of sp³-hybridized carbons (Fsp3) is 0.500. The Morgan fingerprint density at radius 2 is 1.97 bits per heavy atom. The summed E-state index contributed by atoms with van der Waals surface area (Å²) in [4.78, 5) is 28.6. The predicted octanol–water partition coefficient (Wildman–Crippen LogP) is 0.197. The third-order valence-corrected chi connectivity index (χ3v) is 6.77. The number of nitrogens with one attached hydrogen (secondary N) is 1. The minimum absolute atomic E-state index is 0.205. The van der Waals surface area contributed by atoms with Crippen molar-refractivity contribution >= 4 is 17.5 Å². The zero-order valence-corrected chi connectivity index (χ0v) is 19.4. The summed E-state index contributed by atoms with van der Waals surface area (Å²) in [6, 6.07) is 8.11. The average Bonchev–Trinajstić information content (AvgIpc) is 3.43. The van der Waals surface area contributed by atoms with Gasteiger partial charge in [-0.15, -0.1) is 0 Å². The van der Waals surface area contributed by atoms with Crippen molar-refractivity contribution < 1.29 is 19.8 Å². The van der Waals surface area contributed by atoms with Gasteiger partial charge < -0.3 is 25.3 Å². The van der Waals surface area contributed by atoms with E-state index in [-0.39, 0.29) is 12.5 Å². The maximum absolute atomic E-state index is 12.6. The van der Waals surface area contributed by atoms with E-state index in [2.05, 4.69) is 21.4 Å². The smallest absolute Gasteiger partial charge is 0.255 e. The van der Waals surface area contributed by atoms with E-state index in [9.17, 15) is 25.1 Å². The van der Waals surface area contributed by atoms with Crippen LogP contribution < -0.4 is 10.2 Å². The van der Waals surface area contributed by atoms with Crippen LogP contribution in [-0.4, -0.2) is 68.6 Å². The summed E-state index contributed by atoms with van der Waals surface area (Å²) in [5.41, 5.74) is 4.39. The summed E-state index contributed by atoms with van der Waals surface area (Å²) in [5, 5.41) is 36.8. The zero-order valence-electron chi connectivity index (χ0n) is 19.4. The summed E-state index contributed by atoms with van der Waals surface area (Å²) in [6.45, 7) is 4.40. The molecular formula is C24H30N6O4. The fourth-order valence-corrected chi connectivity index (χ4v) is 4.65. The third kappa shape index (κ3) is 4.76. The molecule has 0 spiro atoms. The molecule has 2 atom stereocenters. The first-order valence-corrected chi connectivity index (χ1v) is 11.5. The van der Waals surface area contributed by atoms with Crippen LogP contribution in [0.1, 0.15) is 35.2 Å². The van der Waals surface area contributed by atoms with Crippen molar-refractivity contribution in [2.45, 2.75) is 45.1 Å². The number of anilines is 1. The van der Waals surface area contributed by atoms with Crippen molar-refractivity contribution in [2.24, 2.45) is 13.0 Å². The predicted molar refractivity (Wildman–Crippen MR) is 123 cm³/mol. The largest absolute Gasteiger partial charge is 0.380 e. The van der Waals surface area contributed by atoms with Gasteiger partial charge in [-0.05, 0) is 43.4 Å². The van der Waals surface area contributed by atoms with Crippen LogP contribution in [0, 0.1) is 24.2 Å². The van der Waals surface area contributed by atoms with Gasteiger partial charge in [0.25, 0.3) is 11.8 Å². The first-order chi connectivity index (χ1) is 16.3. The lowest BCUT2D eigenvalue weighted by Gasteiger charge is -2.34. The van der Waals surface area contributed by atoms with Gasteiger partial charge in [0.1, 0.15) is 6.07 Å². The molecule has 0 aliphatic carbocycles. The highest BCUT2D eigenvalue weighted by Crippen LogP contribution is 2.27. The van der Waals surface area contributed by atoms with Crippen LogP contribution in [0.25, 0.3) is 0 Å². The second kappa shape index (κ2) is 9.83. The number of nitriles is 1. The molecule has 4 rings (SSSR count). The quantitative estimate of drug-likeness (QED) is 0.553. The van der Waals surface area contributed by atoms with Gasteiger partial charge in [-0.2, -0.15) is 10.4 Å². The Labute approximate surface area is 198 Å². The molecule has 3 N–H and O–H groups in total. The Hall–Kier alpha value is -3.42. The van der Waals surface area contributed by atoms with Gasteiger partial charge >= 0.3 is 0 Å². The molecule has 2 aliphatic heterocycles. The topological polar surface area (TPSA) is 135 Å². The van der Waals surface area contributed by atoms with Crippen LogP contribution in [0.2, 0.25) is 0 Å². The van der Waals surface area contributed by atoms with Gasteiger partial charge in [0.05, 0.1) is 29.7 Å². The number of carbonyl (C=O) groups is 2. The molecule has 2 aliphatic rings. The van der Waals surface area contributed by atoms with Gasteiger partial charge in [0, 0.05) is 38.8 Å². The lowest BCUT2D eigenvalue weighted by atomic mass is 9.95. The summed E-state index contributed by atoms with van der Waals surface area (Å²) in [7, 11) is 1.78. The second-order valence-corrected chi connectivity index (χ2v) is 9.13. The number of rotatable bonds is 6. The standard InChI is InChI=1S/C24H30N6O4/c1-15-3-4-19(17(9-15)10-25)29-7-5-16(6-8-29)11-26-23(33)21(31)22(32)24(34)30-13-18-12-27-28(2)20(18)14-30/h3-4,9,12,16,21-22,31-32H,5-8,11,13-14H2,1-2H3,(H,26,33)/t21-,22-/m1/s1. The van der Waals surface area contributed by atoms with Gasteiger partial charge in [-0.3, -0.25) is 14.3 Å². The van der Waals surface area contributed by atoms with Gasteiger partial charge in [0.2, 0.25) is 0 Å². The maximum atomic E-state index is 12.6.